The number of hydrogen-bond donors (Lipinski definition) is 1. The third-order valence-corrected chi connectivity index (χ3v) is 4.36. The standard InChI is InChI=1S/C16H30N2O3/c1-4-18(14-8-6-5-7-9-14)15(19)12-17(13(2)3)11-10-16(20)21/h13-14H,4-12H2,1-3H3,(H,20,21). The number of carbonyl (C=O) groups is 2. The monoisotopic (exact) mass is 298 g/mol. The number of carboxylic acids is 1. The van der Waals surface area contributed by atoms with E-state index in [1.54, 1.807) is 0 Å². The summed E-state index contributed by atoms with van der Waals surface area (Å²) in [6.07, 6.45) is 6.00. The topological polar surface area (TPSA) is 60.9 Å². The Morgan fingerprint density at radius 1 is 1.19 bits per heavy atom. The van der Waals surface area contributed by atoms with E-state index in [0.29, 0.717) is 19.1 Å². The minimum atomic E-state index is -0.812. The Bertz CT molecular complexity index is 338. The summed E-state index contributed by atoms with van der Waals surface area (Å²) in [7, 11) is 0. The highest BCUT2D eigenvalue weighted by atomic mass is 16.4. The van der Waals surface area contributed by atoms with Crippen LogP contribution in [0, 0.1) is 0 Å². The minimum Gasteiger partial charge on any atom is -0.481 e. The fraction of sp³-hybridized carbons (Fsp3) is 0.875. The van der Waals surface area contributed by atoms with E-state index in [9.17, 15) is 9.59 Å². The Balaban J connectivity index is 2.58. The zero-order valence-corrected chi connectivity index (χ0v) is 13.7. The van der Waals surface area contributed by atoms with Crippen molar-refractivity contribution in [3.63, 3.8) is 0 Å². The van der Waals surface area contributed by atoms with Crippen LogP contribution in [0.1, 0.15) is 59.3 Å². The molecule has 0 aromatic heterocycles. The summed E-state index contributed by atoms with van der Waals surface area (Å²) in [5.74, 6) is -0.670. The lowest BCUT2D eigenvalue weighted by Gasteiger charge is -2.36. The lowest BCUT2D eigenvalue weighted by Crippen LogP contribution is -2.48. The molecule has 5 heteroatoms. The Morgan fingerprint density at radius 2 is 1.81 bits per heavy atom. The summed E-state index contributed by atoms with van der Waals surface area (Å²) < 4.78 is 0. The van der Waals surface area contributed by atoms with E-state index in [-0.39, 0.29) is 18.4 Å². The second-order valence-corrected chi connectivity index (χ2v) is 6.18. The van der Waals surface area contributed by atoms with Gasteiger partial charge in [0.2, 0.25) is 5.91 Å². The van der Waals surface area contributed by atoms with Crippen molar-refractivity contribution in [1.29, 1.82) is 0 Å². The first-order valence-corrected chi connectivity index (χ1v) is 8.21. The van der Waals surface area contributed by atoms with E-state index in [1.807, 2.05) is 30.6 Å². The number of likely N-dealkylation sites (N-methyl/N-ethyl adjacent to an activating group) is 1. The molecule has 0 bridgehead atoms. The van der Waals surface area contributed by atoms with Crippen LogP contribution in [0.4, 0.5) is 0 Å². The molecule has 21 heavy (non-hydrogen) atoms. The van der Waals surface area contributed by atoms with Crippen LogP contribution in [0.3, 0.4) is 0 Å². The minimum absolute atomic E-state index is 0.0843. The third-order valence-electron chi connectivity index (χ3n) is 4.36. The summed E-state index contributed by atoms with van der Waals surface area (Å²) in [4.78, 5) is 27.3. The van der Waals surface area contributed by atoms with Crippen LogP contribution < -0.4 is 0 Å². The first-order valence-electron chi connectivity index (χ1n) is 8.21. The van der Waals surface area contributed by atoms with Gasteiger partial charge in [0.05, 0.1) is 13.0 Å². The van der Waals surface area contributed by atoms with Gasteiger partial charge in [-0.2, -0.15) is 0 Å². The zero-order valence-electron chi connectivity index (χ0n) is 13.7. The number of rotatable bonds is 8. The van der Waals surface area contributed by atoms with Crippen LogP contribution >= 0.6 is 0 Å². The second kappa shape index (κ2) is 9.03. The molecule has 0 aromatic rings. The molecular formula is C16H30N2O3. The van der Waals surface area contributed by atoms with Crippen molar-refractivity contribution in [3.05, 3.63) is 0 Å². The molecule has 0 aliphatic heterocycles. The molecule has 122 valence electrons. The van der Waals surface area contributed by atoms with Crippen LogP contribution in [-0.4, -0.2) is 58.5 Å². The smallest absolute Gasteiger partial charge is 0.304 e. The molecule has 1 saturated carbocycles. The maximum atomic E-state index is 12.6. The summed E-state index contributed by atoms with van der Waals surface area (Å²) in [5, 5.41) is 8.82. The molecule has 0 unspecified atom stereocenters. The maximum absolute atomic E-state index is 12.6. The molecule has 1 aliphatic rings. The van der Waals surface area contributed by atoms with Crippen LogP contribution in [0.15, 0.2) is 0 Å². The van der Waals surface area contributed by atoms with Crippen LogP contribution in [-0.2, 0) is 9.59 Å². The molecule has 0 heterocycles. The van der Waals surface area contributed by atoms with Crippen LogP contribution in [0.2, 0.25) is 0 Å². The number of carbonyl (C=O) groups excluding carboxylic acids is 1. The molecular weight excluding hydrogens is 268 g/mol. The van der Waals surface area contributed by atoms with Gasteiger partial charge in [0.15, 0.2) is 0 Å². The first kappa shape index (κ1) is 18.0. The molecule has 0 aromatic carbocycles. The van der Waals surface area contributed by atoms with E-state index in [0.717, 1.165) is 19.4 Å². The van der Waals surface area contributed by atoms with Crippen molar-refractivity contribution in [2.75, 3.05) is 19.6 Å². The fourth-order valence-corrected chi connectivity index (χ4v) is 3.05. The van der Waals surface area contributed by atoms with Gasteiger partial charge in [-0.3, -0.25) is 14.5 Å². The maximum Gasteiger partial charge on any atom is 0.304 e. The van der Waals surface area contributed by atoms with Gasteiger partial charge in [0.1, 0.15) is 0 Å². The number of amides is 1. The number of carboxylic acid groups (broad SMARTS) is 1. The average Bonchev–Trinajstić information content (AvgIpc) is 2.44. The van der Waals surface area contributed by atoms with Crippen molar-refractivity contribution >= 4 is 11.9 Å². The van der Waals surface area contributed by atoms with Gasteiger partial charge >= 0.3 is 5.97 Å². The van der Waals surface area contributed by atoms with Gasteiger partial charge in [-0.15, -0.1) is 0 Å². The van der Waals surface area contributed by atoms with Crippen LogP contribution in [0.5, 0.6) is 0 Å². The Kier molecular flexibility index (Phi) is 7.72. The third kappa shape index (κ3) is 6.04. The molecule has 0 radical (unpaired) electrons. The number of aliphatic carboxylic acids is 1. The highest BCUT2D eigenvalue weighted by Crippen LogP contribution is 2.22. The highest BCUT2D eigenvalue weighted by Gasteiger charge is 2.26. The zero-order chi connectivity index (χ0) is 15.8. The van der Waals surface area contributed by atoms with E-state index >= 15 is 0 Å². The summed E-state index contributed by atoms with van der Waals surface area (Å²) in [5.41, 5.74) is 0. The van der Waals surface area contributed by atoms with E-state index < -0.39 is 5.97 Å². The molecule has 5 nitrogen and oxygen atoms in total. The van der Waals surface area contributed by atoms with Gasteiger partial charge in [-0.25, -0.2) is 0 Å². The van der Waals surface area contributed by atoms with Gasteiger partial charge in [-0.1, -0.05) is 19.3 Å². The summed E-state index contributed by atoms with van der Waals surface area (Å²) in [6, 6.07) is 0.558. The molecule has 1 N–H and O–H groups in total. The SMILES string of the molecule is CCN(C(=O)CN(CCC(=O)O)C(C)C)C1CCCCC1. The van der Waals surface area contributed by atoms with Gasteiger partial charge < -0.3 is 10.0 Å². The van der Waals surface area contributed by atoms with Crippen molar-refractivity contribution in [1.82, 2.24) is 9.80 Å². The lowest BCUT2D eigenvalue weighted by atomic mass is 9.94. The molecule has 0 atom stereocenters. The molecule has 1 rings (SSSR count). The van der Waals surface area contributed by atoms with Gasteiger partial charge in [0, 0.05) is 25.2 Å². The largest absolute Gasteiger partial charge is 0.481 e. The highest BCUT2D eigenvalue weighted by molar-refractivity contribution is 5.78. The Labute approximate surface area is 128 Å². The fourth-order valence-electron chi connectivity index (χ4n) is 3.05. The predicted octanol–water partition coefficient (Wildman–Crippen LogP) is 2.35. The van der Waals surface area contributed by atoms with Gasteiger partial charge in [-0.05, 0) is 33.6 Å². The van der Waals surface area contributed by atoms with Crippen molar-refractivity contribution < 1.29 is 14.7 Å². The van der Waals surface area contributed by atoms with E-state index in [1.165, 1.54) is 19.3 Å². The second-order valence-electron chi connectivity index (χ2n) is 6.18. The lowest BCUT2D eigenvalue weighted by molar-refractivity contribution is -0.139. The predicted molar refractivity (Wildman–Crippen MR) is 83.2 cm³/mol. The molecule has 1 aliphatic carbocycles. The number of nitrogens with zero attached hydrogens (tertiary/aromatic N) is 2. The molecule has 0 spiro atoms. The molecule has 1 amide bonds. The van der Waals surface area contributed by atoms with Gasteiger partial charge in [0.25, 0.3) is 0 Å². The number of hydrogen-bond acceptors (Lipinski definition) is 3. The summed E-state index contributed by atoms with van der Waals surface area (Å²) >= 11 is 0. The van der Waals surface area contributed by atoms with E-state index in [2.05, 4.69) is 0 Å². The quantitative estimate of drug-likeness (QED) is 0.747. The molecule has 0 saturated heterocycles. The average molecular weight is 298 g/mol. The van der Waals surface area contributed by atoms with E-state index in [4.69, 9.17) is 5.11 Å². The first-order chi connectivity index (χ1) is 9.95. The van der Waals surface area contributed by atoms with Crippen molar-refractivity contribution in [2.45, 2.75) is 71.4 Å². The summed E-state index contributed by atoms with van der Waals surface area (Å²) in [6.45, 7) is 7.55. The van der Waals surface area contributed by atoms with Crippen molar-refractivity contribution in [2.24, 2.45) is 0 Å². The Hall–Kier alpha value is -1.10. The molecule has 1 fully saturated rings. The Morgan fingerprint density at radius 3 is 2.29 bits per heavy atom. The van der Waals surface area contributed by atoms with Crippen LogP contribution in [0.25, 0.3) is 0 Å². The normalized spacial score (nSPS) is 16.4. The van der Waals surface area contributed by atoms with Crippen molar-refractivity contribution in [3.8, 4) is 0 Å².